The largest absolute Gasteiger partial charge is 0.360 e. The topological polar surface area (TPSA) is 221 Å². The molecule has 476 valence electrons. The highest BCUT2D eigenvalue weighted by Gasteiger charge is 2.37. The maximum atomic E-state index is 13.7. The van der Waals surface area contributed by atoms with E-state index in [1.54, 1.807) is 87.5 Å². The molecule has 8 aromatic rings. The highest BCUT2D eigenvalue weighted by molar-refractivity contribution is 7.74. The molecule has 0 saturated carbocycles. The molecule has 4 aliphatic heterocycles. The molecule has 4 saturated heterocycles. The van der Waals surface area contributed by atoms with Crippen LogP contribution in [0.4, 0.5) is 8.78 Å². The van der Waals surface area contributed by atoms with Crippen LogP contribution in [-0.4, -0.2) is 151 Å². The van der Waals surface area contributed by atoms with Crippen molar-refractivity contribution in [1.29, 1.82) is 0 Å². The fraction of sp³-hybridized carbons (Fsp3) is 0.324. The second kappa shape index (κ2) is 28.6. The summed E-state index contributed by atoms with van der Waals surface area (Å²) in [5.41, 5.74) is 4.08. The molecule has 91 heavy (non-hydrogen) atoms. The van der Waals surface area contributed by atoms with E-state index in [9.17, 15) is 42.1 Å². The number of nitrogen functional groups attached to an aromatic ring is 1. The average molecular weight is 1300 g/mol. The van der Waals surface area contributed by atoms with Gasteiger partial charge >= 0.3 is 0 Å². The number of fused-ring (bicyclic) bond motifs is 2. The average Bonchev–Trinajstić information content (AvgIpc) is 1.70. The Balaban J connectivity index is 0.000000162. The summed E-state index contributed by atoms with van der Waals surface area (Å²) in [6, 6.07) is 37.2. The van der Waals surface area contributed by atoms with Crippen LogP contribution in [0.3, 0.4) is 0 Å². The summed E-state index contributed by atoms with van der Waals surface area (Å²) < 4.78 is 45.3. The quantitative estimate of drug-likeness (QED) is 0.0323. The zero-order chi connectivity index (χ0) is 64.8. The summed E-state index contributed by atoms with van der Waals surface area (Å²) in [4.78, 5) is 93.3. The van der Waals surface area contributed by atoms with Gasteiger partial charge in [-0.25, -0.2) is 19.3 Å². The van der Waals surface area contributed by atoms with Gasteiger partial charge in [0.2, 0.25) is 0 Å². The van der Waals surface area contributed by atoms with Gasteiger partial charge in [-0.3, -0.25) is 47.8 Å². The number of likely N-dealkylation sites (tertiary alicyclic amines) is 2. The van der Waals surface area contributed by atoms with Gasteiger partial charge in [-0.1, -0.05) is 83.9 Å². The van der Waals surface area contributed by atoms with Crippen molar-refractivity contribution >= 4 is 98.2 Å². The van der Waals surface area contributed by atoms with E-state index in [-0.39, 0.29) is 74.4 Å². The first-order chi connectivity index (χ1) is 43.6. The number of halogens is 4. The minimum absolute atomic E-state index is 0.0584. The van der Waals surface area contributed by atoms with Gasteiger partial charge in [0.05, 0.1) is 37.8 Å². The number of hydrogen-bond donors (Lipinski definition) is 3. The van der Waals surface area contributed by atoms with E-state index in [1.807, 2.05) is 55.1 Å². The van der Waals surface area contributed by atoms with Crippen molar-refractivity contribution in [3.8, 4) is 0 Å². The molecule has 6 aromatic carbocycles. The third-order valence-corrected chi connectivity index (χ3v) is 20.4. The second-order valence-corrected chi connectivity index (χ2v) is 26.9. The maximum absolute atomic E-state index is 13.7. The molecule has 4 aliphatic rings. The van der Waals surface area contributed by atoms with Gasteiger partial charge < -0.3 is 30.4 Å². The number of carbonyl (C=O) groups excluding carboxylic acids is 6. The summed E-state index contributed by atoms with van der Waals surface area (Å²) in [5, 5.41) is 2.66. The SMILES string of the molecule is C[C@@H]1CN(Cc2ccc(F)cc2)[C@@H](C)CN1C(=O)c1cc2c(C(=O)C(=O)N3CCCC3)c[nH]c2cc1Cl.C[C@@H]1CN(Cc2ccc(F)cc2)[C@@H](C)CN1C(=O)c1cc2c(C(=O)C(=O)N3CCCC3)cn(N)c2cc1Cl.NOP(=O)(c1ccccc1)c1ccccc1. The standard InChI is InChI=1S/C28H31ClFN5O3.C28H30ClFN4O3.C12H12NO2P/c1-17-14-34(18(2)13-33(17)15-19-5-7-20(30)8-6-19)27(37)22-11-21-23(16-35(31)25(21)12-24(22)29)26(36)28(38)32-9-3-4-10-32;1-17-15-34(18(2)14-33(17)16-19-5-7-20(30)8-6-19)27(36)22-11-21-23(13-31-25(21)12-24(22)29)26(35)28(37)32-9-3-4-10-32;13-15-16(14,11-7-3-1-4-8-11)12-9-5-2-6-10-12/h5-8,11-12,16-18H,3-4,9-10,13-15,31H2,1-2H3;5-8,11-13,17-18,31H,3-4,9-10,14-16H2,1-2H3;1-10H,13H2/t2*17-,18+;/m00./s1. The van der Waals surface area contributed by atoms with E-state index in [2.05, 4.69) is 28.6 Å². The molecule has 4 amide bonds. The van der Waals surface area contributed by atoms with Crippen molar-refractivity contribution in [2.75, 3.05) is 58.2 Å². The van der Waals surface area contributed by atoms with Crippen LogP contribution in [0, 0.1) is 11.6 Å². The van der Waals surface area contributed by atoms with Crippen LogP contribution >= 0.6 is 30.6 Å². The molecule has 4 atom stereocenters. The molecule has 23 heteroatoms. The number of nitrogens with two attached hydrogens (primary N) is 2. The molecule has 12 rings (SSSR count). The molecule has 0 radical (unpaired) electrons. The molecular formula is C68H73Cl2F2N10O8P. The van der Waals surface area contributed by atoms with Gasteiger partial charge in [0.1, 0.15) is 11.6 Å². The summed E-state index contributed by atoms with van der Waals surface area (Å²) in [6.07, 6.45) is 6.48. The summed E-state index contributed by atoms with van der Waals surface area (Å²) >= 11 is 13.1. The van der Waals surface area contributed by atoms with Crippen molar-refractivity contribution in [2.45, 2.75) is 90.6 Å². The van der Waals surface area contributed by atoms with Gasteiger partial charge in [0.15, 0.2) is 0 Å². The van der Waals surface area contributed by atoms with Crippen molar-refractivity contribution in [1.82, 2.24) is 39.1 Å². The maximum Gasteiger partial charge on any atom is 0.295 e. The smallest absolute Gasteiger partial charge is 0.295 e. The highest BCUT2D eigenvalue weighted by Crippen LogP contribution is 2.42. The van der Waals surface area contributed by atoms with Crippen LogP contribution in [-0.2, 0) is 31.9 Å². The number of hydrogen-bond acceptors (Lipinski definition) is 12. The summed E-state index contributed by atoms with van der Waals surface area (Å²) in [6.45, 7) is 14.0. The number of H-pyrrole nitrogens is 1. The lowest BCUT2D eigenvalue weighted by Gasteiger charge is -2.44. The Morgan fingerprint density at radius 3 is 1.41 bits per heavy atom. The van der Waals surface area contributed by atoms with Crippen molar-refractivity contribution in [3.63, 3.8) is 0 Å². The zero-order valence-corrected chi connectivity index (χ0v) is 53.5. The number of rotatable bonds is 13. The number of piperazine rings is 2. The van der Waals surface area contributed by atoms with Crippen LogP contribution in [0.5, 0.6) is 0 Å². The van der Waals surface area contributed by atoms with Crippen molar-refractivity contribution in [2.24, 2.45) is 5.90 Å². The van der Waals surface area contributed by atoms with Crippen LogP contribution in [0.2, 0.25) is 10.0 Å². The minimum atomic E-state index is -3.13. The van der Waals surface area contributed by atoms with Gasteiger partial charge in [0.25, 0.3) is 42.6 Å². The fourth-order valence-electron chi connectivity index (χ4n) is 12.3. The number of aromatic nitrogens is 2. The number of amides is 4. The molecule has 5 N–H and O–H groups in total. The number of benzene rings is 6. The number of nitrogens with zero attached hydrogens (tertiary/aromatic N) is 7. The van der Waals surface area contributed by atoms with Crippen LogP contribution < -0.4 is 22.3 Å². The van der Waals surface area contributed by atoms with E-state index in [0.29, 0.717) is 103 Å². The predicted octanol–water partition coefficient (Wildman–Crippen LogP) is 9.99. The number of carbonyl (C=O) groups is 6. The molecule has 6 heterocycles. The van der Waals surface area contributed by atoms with E-state index in [4.69, 9.17) is 39.6 Å². The Labute approximate surface area is 536 Å². The number of Topliss-reactive ketones (excluding diaryl/α,β-unsaturated/α-hetero) is 2. The molecule has 4 fully saturated rings. The normalized spacial score (nSPS) is 18.8. The molecule has 18 nitrogen and oxygen atoms in total. The van der Waals surface area contributed by atoms with Crippen molar-refractivity contribution < 1.29 is 46.7 Å². The van der Waals surface area contributed by atoms with Crippen LogP contribution in [0.15, 0.2) is 146 Å². The zero-order valence-electron chi connectivity index (χ0n) is 51.1. The lowest BCUT2D eigenvalue weighted by Crippen LogP contribution is -2.57. The van der Waals surface area contributed by atoms with Gasteiger partial charge in [-0.05, 0) is 137 Å². The summed E-state index contributed by atoms with van der Waals surface area (Å²) in [7, 11) is -3.13. The van der Waals surface area contributed by atoms with E-state index in [1.165, 1.54) is 41.3 Å². The minimum Gasteiger partial charge on any atom is -0.360 e. The lowest BCUT2D eigenvalue weighted by atomic mass is 10.0. The first-order valence-electron chi connectivity index (χ1n) is 30.4. The Bertz CT molecular complexity index is 3990. The Kier molecular flexibility index (Phi) is 20.7. The predicted molar refractivity (Wildman–Crippen MR) is 349 cm³/mol. The molecule has 0 unspecified atom stereocenters. The van der Waals surface area contributed by atoms with Crippen molar-refractivity contribution in [3.05, 3.63) is 201 Å². The third kappa shape index (κ3) is 14.5. The van der Waals surface area contributed by atoms with Gasteiger partial charge in [-0.15, -0.1) is 0 Å². The molecule has 0 spiro atoms. The first kappa shape index (κ1) is 65.9. The highest BCUT2D eigenvalue weighted by atomic mass is 35.5. The first-order valence-corrected chi connectivity index (χ1v) is 32.8. The number of aromatic amines is 1. The Hall–Kier alpha value is -8.07. The molecular weight excluding hydrogens is 1220 g/mol. The van der Waals surface area contributed by atoms with Crippen LogP contribution in [0.25, 0.3) is 21.8 Å². The monoisotopic (exact) mass is 1300 g/mol. The molecule has 2 aromatic heterocycles. The van der Waals surface area contributed by atoms with Gasteiger partial charge in [0, 0.05) is 129 Å². The van der Waals surface area contributed by atoms with Crippen LogP contribution in [0.1, 0.15) is 106 Å². The summed E-state index contributed by atoms with van der Waals surface area (Å²) in [5.74, 6) is 8.03. The number of nitrogens with one attached hydrogen (secondary N) is 1. The second-order valence-electron chi connectivity index (χ2n) is 23.8. The third-order valence-electron chi connectivity index (χ3n) is 17.5. The number of ketones is 2. The van der Waals surface area contributed by atoms with E-state index in [0.717, 1.165) is 36.8 Å². The lowest BCUT2D eigenvalue weighted by molar-refractivity contribution is -0.126. The van der Waals surface area contributed by atoms with E-state index >= 15 is 0 Å². The van der Waals surface area contributed by atoms with E-state index < -0.39 is 30.7 Å². The Morgan fingerprint density at radius 1 is 0.549 bits per heavy atom. The fourth-order valence-corrected chi connectivity index (χ4v) is 14.5. The Morgan fingerprint density at radius 2 is 0.967 bits per heavy atom. The van der Waals surface area contributed by atoms with Gasteiger partial charge in [-0.2, -0.15) is 0 Å². The molecule has 0 aliphatic carbocycles. The molecule has 0 bridgehead atoms.